The third kappa shape index (κ3) is 3.40. The summed E-state index contributed by atoms with van der Waals surface area (Å²) in [5, 5.41) is 2.59. The molecule has 4 amide bonds. The van der Waals surface area contributed by atoms with E-state index in [9.17, 15) is 27.6 Å². The molecule has 2 heterocycles. The molecule has 0 aromatic heterocycles. The summed E-state index contributed by atoms with van der Waals surface area (Å²) in [7, 11) is 0. The van der Waals surface area contributed by atoms with Crippen LogP contribution in [0.5, 0.6) is 0 Å². The van der Waals surface area contributed by atoms with E-state index in [0.29, 0.717) is 4.90 Å². The second kappa shape index (κ2) is 7.47. The third-order valence-corrected chi connectivity index (χ3v) is 5.33. The van der Waals surface area contributed by atoms with E-state index in [-0.39, 0.29) is 24.2 Å². The maximum Gasteiger partial charge on any atom is 0.332 e. The number of anilines is 1. The Morgan fingerprint density at radius 2 is 1.68 bits per heavy atom. The zero-order chi connectivity index (χ0) is 22.3. The molecule has 0 aliphatic carbocycles. The van der Waals surface area contributed by atoms with Gasteiger partial charge in [-0.3, -0.25) is 9.59 Å². The molecule has 2 fully saturated rings. The highest BCUT2D eigenvalue weighted by atomic mass is 19.1. The SMILES string of the molecule is C[C@]12CC(=O)N(c3c(F)cc(C#Cc4ccccc4F)cc3F)C(=O)N1CCNC2=O. The van der Waals surface area contributed by atoms with Crippen molar-refractivity contribution in [2.75, 3.05) is 18.0 Å². The molecule has 0 radical (unpaired) electrons. The number of fused-ring (bicyclic) bond motifs is 1. The second-order valence-corrected chi connectivity index (χ2v) is 7.39. The summed E-state index contributed by atoms with van der Waals surface area (Å²) < 4.78 is 43.3. The van der Waals surface area contributed by atoms with Crippen LogP contribution >= 0.6 is 0 Å². The minimum Gasteiger partial charge on any atom is -0.352 e. The topological polar surface area (TPSA) is 69.7 Å². The Morgan fingerprint density at radius 3 is 2.35 bits per heavy atom. The number of nitrogens with zero attached hydrogens (tertiary/aromatic N) is 2. The van der Waals surface area contributed by atoms with E-state index in [1.807, 2.05) is 0 Å². The van der Waals surface area contributed by atoms with Gasteiger partial charge in [0.15, 0.2) is 11.6 Å². The van der Waals surface area contributed by atoms with E-state index in [0.717, 1.165) is 17.0 Å². The molecule has 2 aliphatic rings. The number of carbonyl (C=O) groups excluding carboxylic acids is 3. The lowest BCUT2D eigenvalue weighted by Crippen LogP contribution is -2.72. The molecular formula is C22H16F3N3O3. The molecule has 158 valence electrons. The maximum absolute atomic E-state index is 14.8. The van der Waals surface area contributed by atoms with Crippen LogP contribution in [0.3, 0.4) is 0 Å². The molecular weight excluding hydrogens is 411 g/mol. The molecule has 1 atom stereocenters. The molecule has 2 aromatic carbocycles. The molecule has 0 bridgehead atoms. The van der Waals surface area contributed by atoms with Crippen molar-refractivity contribution in [1.29, 1.82) is 0 Å². The van der Waals surface area contributed by atoms with Gasteiger partial charge in [0, 0.05) is 18.7 Å². The van der Waals surface area contributed by atoms with Gasteiger partial charge in [0.2, 0.25) is 11.8 Å². The van der Waals surface area contributed by atoms with Crippen molar-refractivity contribution >= 4 is 23.5 Å². The number of amides is 4. The summed E-state index contributed by atoms with van der Waals surface area (Å²) in [6, 6.07) is 6.43. The van der Waals surface area contributed by atoms with Gasteiger partial charge in [-0.2, -0.15) is 0 Å². The number of halogens is 3. The zero-order valence-electron chi connectivity index (χ0n) is 16.3. The highest BCUT2D eigenvalue weighted by Gasteiger charge is 2.53. The molecule has 2 aromatic rings. The van der Waals surface area contributed by atoms with E-state index < -0.39 is 52.9 Å². The predicted molar refractivity (Wildman–Crippen MR) is 104 cm³/mol. The lowest BCUT2D eigenvalue weighted by Gasteiger charge is -2.48. The van der Waals surface area contributed by atoms with Crippen molar-refractivity contribution in [2.45, 2.75) is 18.9 Å². The first-order chi connectivity index (χ1) is 14.7. The van der Waals surface area contributed by atoms with Gasteiger partial charge in [0.25, 0.3) is 0 Å². The van der Waals surface area contributed by atoms with E-state index >= 15 is 0 Å². The number of imide groups is 1. The minimum absolute atomic E-state index is 0.0523. The predicted octanol–water partition coefficient (Wildman–Crippen LogP) is 2.55. The highest BCUT2D eigenvalue weighted by molar-refractivity contribution is 6.19. The van der Waals surface area contributed by atoms with Crippen LogP contribution in [0.15, 0.2) is 36.4 Å². The van der Waals surface area contributed by atoms with Gasteiger partial charge in [-0.25, -0.2) is 22.9 Å². The summed E-state index contributed by atoms with van der Waals surface area (Å²) >= 11 is 0. The Kier molecular flexibility index (Phi) is 4.93. The van der Waals surface area contributed by atoms with Gasteiger partial charge in [0.1, 0.15) is 17.0 Å². The van der Waals surface area contributed by atoms with Crippen LogP contribution in [-0.2, 0) is 9.59 Å². The molecule has 31 heavy (non-hydrogen) atoms. The Morgan fingerprint density at radius 1 is 1.00 bits per heavy atom. The smallest absolute Gasteiger partial charge is 0.332 e. The van der Waals surface area contributed by atoms with Crippen LogP contribution in [0.25, 0.3) is 0 Å². The van der Waals surface area contributed by atoms with Gasteiger partial charge in [-0.15, -0.1) is 0 Å². The molecule has 0 unspecified atom stereocenters. The number of rotatable bonds is 1. The van der Waals surface area contributed by atoms with E-state index in [4.69, 9.17) is 0 Å². The number of piperazine rings is 1. The standard InChI is InChI=1S/C22H16F3N3O3/c1-22-12-18(29)28(21(31)27(22)9-8-26-20(22)30)19-16(24)10-13(11-17(19)25)6-7-14-4-2-3-5-15(14)23/h2-5,10-11H,8-9,12H2,1H3,(H,26,30)/t22-/m1/s1. The van der Waals surface area contributed by atoms with Crippen LogP contribution in [0.2, 0.25) is 0 Å². The summed E-state index contributed by atoms with van der Waals surface area (Å²) in [5.41, 5.74) is -2.29. The van der Waals surface area contributed by atoms with Crippen molar-refractivity contribution in [3.05, 3.63) is 65.0 Å². The van der Waals surface area contributed by atoms with E-state index in [2.05, 4.69) is 17.2 Å². The average Bonchev–Trinajstić information content (AvgIpc) is 2.71. The fourth-order valence-electron chi connectivity index (χ4n) is 3.70. The summed E-state index contributed by atoms with van der Waals surface area (Å²) in [4.78, 5) is 39.3. The molecule has 0 spiro atoms. The van der Waals surface area contributed by atoms with Crippen molar-refractivity contribution in [1.82, 2.24) is 10.2 Å². The maximum atomic E-state index is 14.8. The fourth-order valence-corrected chi connectivity index (χ4v) is 3.70. The van der Waals surface area contributed by atoms with E-state index in [1.54, 1.807) is 6.07 Å². The fraction of sp³-hybridized carbons (Fsp3) is 0.227. The molecule has 6 nitrogen and oxygen atoms in total. The Balaban J connectivity index is 1.70. The van der Waals surface area contributed by atoms with Crippen LogP contribution in [-0.4, -0.2) is 41.4 Å². The first kappa shape index (κ1) is 20.5. The Hall–Kier alpha value is -3.80. The van der Waals surface area contributed by atoms with Crippen LogP contribution in [0.1, 0.15) is 24.5 Å². The minimum atomic E-state index is -1.42. The molecule has 1 N–H and O–H groups in total. The summed E-state index contributed by atoms with van der Waals surface area (Å²) in [5.74, 6) is 0.630. The number of benzene rings is 2. The van der Waals surface area contributed by atoms with Gasteiger partial charge < -0.3 is 10.2 Å². The number of carbonyl (C=O) groups is 3. The third-order valence-electron chi connectivity index (χ3n) is 5.33. The lowest BCUT2D eigenvalue weighted by atomic mass is 9.89. The van der Waals surface area contributed by atoms with Crippen molar-refractivity contribution in [2.24, 2.45) is 0 Å². The first-order valence-electron chi connectivity index (χ1n) is 9.41. The van der Waals surface area contributed by atoms with Crippen molar-refractivity contribution in [3.63, 3.8) is 0 Å². The Labute approximate surface area is 175 Å². The molecule has 2 saturated heterocycles. The first-order valence-corrected chi connectivity index (χ1v) is 9.41. The average molecular weight is 427 g/mol. The summed E-state index contributed by atoms with van der Waals surface area (Å²) in [6.07, 6.45) is -0.418. The number of hydrogen-bond acceptors (Lipinski definition) is 3. The zero-order valence-corrected chi connectivity index (χ0v) is 16.3. The van der Waals surface area contributed by atoms with Gasteiger partial charge in [-0.05, 0) is 31.2 Å². The van der Waals surface area contributed by atoms with Crippen LogP contribution in [0.4, 0.5) is 23.7 Å². The van der Waals surface area contributed by atoms with Gasteiger partial charge in [0.05, 0.1) is 12.0 Å². The molecule has 9 heteroatoms. The van der Waals surface area contributed by atoms with Crippen LogP contribution < -0.4 is 10.2 Å². The normalized spacial score (nSPS) is 20.7. The number of urea groups is 1. The molecule has 0 saturated carbocycles. The monoisotopic (exact) mass is 427 g/mol. The Bertz CT molecular complexity index is 1160. The number of hydrogen-bond donors (Lipinski definition) is 1. The quantitative estimate of drug-likeness (QED) is 0.712. The van der Waals surface area contributed by atoms with E-state index in [1.165, 1.54) is 25.1 Å². The molecule has 4 rings (SSSR count). The van der Waals surface area contributed by atoms with Crippen molar-refractivity contribution < 1.29 is 27.6 Å². The molecule has 2 aliphatic heterocycles. The van der Waals surface area contributed by atoms with Crippen molar-refractivity contribution in [3.8, 4) is 11.8 Å². The largest absolute Gasteiger partial charge is 0.352 e. The summed E-state index contributed by atoms with van der Waals surface area (Å²) in [6.45, 7) is 1.70. The van der Waals surface area contributed by atoms with Gasteiger partial charge >= 0.3 is 6.03 Å². The number of nitrogens with one attached hydrogen (secondary N) is 1. The van der Waals surface area contributed by atoms with Gasteiger partial charge in [-0.1, -0.05) is 24.0 Å². The lowest BCUT2D eigenvalue weighted by molar-refractivity contribution is -0.140. The second-order valence-electron chi connectivity index (χ2n) is 7.39. The van der Waals surface area contributed by atoms with Crippen LogP contribution in [0, 0.1) is 29.3 Å². The highest BCUT2D eigenvalue weighted by Crippen LogP contribution is 2.35.